The number of carboxylic acid groups (broad SMARTS) is 1. The Hall–Kier alpha value is -4.02. The number of alkyl halides is 3. The number of benzene rings is 3. The van der Waals surface area contributed by atoms with Gasteiger partial charge in [0, 0.05) is 29.5 Å². The van der Waals surface area contributed by atoms with Crippen LogP contribution >= 0.6 is 0 Å². The van der Waals surface area contributed by atoms with Gasteiger partial charge in [-0.15, -0.1) is 0 Å². The Morgan fingerprint density at radius 3 is 2.30 bits per heavy atom. The second kappa shape index (κ2) is 10.2. The Labute approximate surface area is 229 Å². The number of hydrogen-bond donors (Lipinski definition) is 1. The zero-order valence-corrected chi connectivity index (χ0v) is 22.0. The third kappa shape index (κ3) is 5.00. The predicted molar refractivity (Wildman–Crippen MR) is 142 cm³/mol. The molecule has 1 fully saturated rings. The second-order valence-corrected chi connectivity index (χ2v) is 10.5. The summed E-state index contributed by atoms with van der Waals surface area (Å²) in [6.45, 7) is 1.74. The van der Waals surface area contributed by atoms with Crippen molar-refractivity contribution in [2.75, 3.05) is 7.05 Å². The molecule has 0 aliphatic heterocycles. The van der Waals surface area contributed by atoms with Gasteiger partial charge < -0.3 is 19.5 Å². The van der Waals surface area contributed by atoms with Crippen LogP contribution < -0.4 is 0 Å². The molecular formula is C30H28F3N3O4. The molecular weight excluding hydrogens is 523 g/mol. The van der Waals surface area contributed by atoms with E-state index in [2.05, 4.69) is 10.1 Å². The first-order valence-electron chi connectivity index (χ1n) is 12.9. The molecule has 3 aromatic carbocycles. The topological polar surface area (TPSA) is 99.3 Å². The van der Waals surface area contributed by atoms with Crippen LogP contribution in [0.15, 0.2) is 71.3 Å². The summed E-state index contributed by atoms with van der Waals surface area (Å²) in [6, 6.07) is 17.6. The number of halogens is 3. The molecule has 0 radical (unpaired) electrons. The molecule has 1 unspecified atom stereocenters. The molecule has 10 heteroatoms. The van der Waals surface area contributed by atoms with Gasteiger partial charge in [-0.25, -0.2) is 4.79 Å². The van der Waals surface area contributed by atoms with Crippen LogP contribution in [0.1, 0.15) is 42.4 Å². The average molecular weight is 552 g/mol. The number of hydrogen-bond acceptors (Lipinski definition) is 5. The van der Waals surface area contributed by atoms with E-state index in [1.807, 2.05) is 0 Å². The highest BCUT2D eigenvalue weighted by atomic mass is 19.4. The number of hydroxylamine groups is 3. The minimum atomic E-state index is -4.60. The fourth-order valence-electron chi connectivity index (χ4n) is 5.59. The van der Waals surface area contributed by atoms with Crippen LogP contribution in [0.5, 0.6) is 0 Å². The van der Waals surface area contributed by atoms with E-state index in [1.165, 1.54) is 19.2 Å². The van der Waals surface area contributed by atoms with Crippen molar-refractivity contribution < 1.29 is 32.2 Å². The SMILES string of the molecule is Cc1ccccc1-c1ccc(-c2nc(-c3ccc(C[N+](C)([O-])C4(C(=O)O)CCCC4)cc3)no2)cc1C(F)(F)F. The van der Waals surface area contributed by atoms with Crippen LogP contribution in [0.25, 0.3) is 34.0 Å². The van der Waals surface area contributed by atoms with Crippen LogP contribution in [0, 0.1) is 12.1 Å². The van der Waals surface area contributed by atoms with E-state index in [-0.39, 0.29) is 29.4 Å². The maximum Gasteiger partial charge on any atom is 0.417 e. The van der Waals surface area contributed by atoms with Gasteiger partial charge in [0.2, 0.25) is 5.82 Å². The molecule has 208 valence electrons. The van der Waals surface area contributed by atoms with Gasteiger partial charge in [-0.2, -0.15) is 18.2 Å². The molecule has 1 saturated carbocycles. The highest BCUT2D eigenvalue weighted by molar-refractivity contribution is 5.78. The summed E-state index contributed by atoms with van der Waals surface area (Å²) in [4.78, 5) is 16.3. The van der Waals surface area contributed by atoms with Gasteiger partial charge in [-0.3, -0.25) is 0 Å². The first-order valence-corrected chi connectivity index (χ1v) is 12.9. The van der Waals surface area contributed by atoms with Crippen molar-refractivity contribution in [2.24, 2.45) is 0 Å². The van der Waals surface area contributed by atoms with Gasteiger partial charge in [0.1, 0.15) is 6.54 Å². The lowest BCUT2D eigenvalue weighted by Gasteiger charge is -2.50. The molecule has 40 heavy (non-hydrogen) atoms. The molecule has 5 rings (SSSR count). The Balaban J connectivity index is 1.40. The van der Waals surface area contributed by atoms with Crippen LogP contribution in [0.2, 0.25) is 0 Å². The molecule has 1 aliphatic carbocycles. The summed E-state index contributed by atoms with van der Waals surface area (Å²) >= 11 is 0. The first kappa shape index (κ1) is 27.5. The molecule has 1 aliphatic rings. The number of carbonyl (C=O) groups is 1. The lowest BCUT2D eigenvalue weighted by atomic mass is 9.94. The van der Waals surface area contributed by atoms with Gasteiger partial charge in [-0.1, -0.05) is 59.8 Å². The van der Waals surface area contributed by atoms with E-state index in [0.717, 1.165) is 11.6 Å². The first-order chi connectivity index (χ1) is 18.9. The normalized spacial score (nSPS) is 16.6. The van der Waals surface area contributed by atoms with Crippen LogP contribution in [0.4, 0.5) is 13.2 Å². The molecule has 4 aromatic rings. The number of aliphatic carboxylic acids is 1. The molecule has 1 aromatic heterocycles. The summed E-state index contributed by atoms with van der Waals surface area (Å²) in [5.41, 5.74) is 0.448. The van der Waals surface area contributed by atoms with Gasteiger partial charge >= 0.3 is 12.1 Å². The van der Waals surface area contributed by atoms with Crippen molar-refractivity contribution in [2.45, 2.75) is 50.9 Å². The second-order valence-electron chi connectivity index (χ2n) is 10.5. The van der Waals surface area contributed by atoms with E-state index >= 15 is 0 Å². The zero-order valence-electron chi connectivity index (χ0n) is 22.0. The number of aryl methyl sites for hydroxylation is 1. The Bertz CT molecular complexity index is 1540. The summed E-state index contributed by atoms with van der Waals surface area (Å²) in [7, 11) is 1.40. The van der Waals surface area contributed by atoms with E-state index in [0.29, 0.717) is 42.4 Å². The highest BCUT2D eigenvalue weighted by Crippen LogP contribution is 2.42. The van der Waals surface area contributed by atoms with E-state index in [9.17, 15) is 28.3 Å². The fourth-order valence-corrected chi connectivity index (χ4v) is 5.59. The Morgan fingerprint density at radius 1 is 1.02 bits per heavy atom. The number of rotatable bonds is 7. The number of nitrogens with zero attached hydrogens (tertiary/aromatic N) is 3. The Morgan fingerprint density at radius 2 is 1.68 bits per heavy atom. The minimum Gasteiger partial charge on any atom is -0.632 e. The maximum atomic E-state index is 14.0. The molecule has 0 saturated heterocycles. The largest absolute Gasteiger partial charge is 0.632 e. The quantitative estimate of drug-likeness (QED) is 0.192. The molecule has 1 heterocycles. The van der Waals surface area contributed by atoms with Crippen molar-refractivity contribution in [3.8, 4) is 34.0 Å². The van der Waals surface area contributed by atoms with E-state index in [4.69, 9.17) is 4.52 Å². The number of likely N-dealkylation sites (N-methyl/N-ethyl adjacent to an activating group) is 1. The molecule has 0 bridgehead atoms. The molecule has 1 N–H and O–H groups in total. The zero-order chi connectivity index (χ0) is 28.7. The fraction of sp³-hybridized carbons (Fsp3) is 0.300. The monoisotopic (exact) mass is 551 g/mol. The van der Waals surface area contributed by atoms with E-state index in [1.54, 1.807) is 55.5 Å². The van der Waals surface area contributed by atoms with Gasteiger partial charge in [0.15, 0.2) is 5.54 Å². The summed E-state index contributed by atoms with van der Waals surface area (Å²) in [5, 5.41) is 27.2. The van der Waals surface area contributed by atoms with Crippen molar-refractivity contribution in [1.82, 2.24) is 10.1 Å². The minimum absolute atomic E-state index is 0.0163. The summed E-state index contributed by atoms with van der Waals surface area (Å²) in [6.07, 6.45) is -2.50. The number of carboxylic acids is 1. The molecule has 7 nitrogen and oxygen atoms in total. The summed E-state index contributed by atoms with van der Waals surface area (Å²) < 4.78 is 46.5. The van der Waals surface area contributed by atoms with Crippen LogP contribution in [-0.4, -0.2) is 38.4 Å². The molecule has 1 atom stereocenters. The average Bonchev–Trinajstić information content (AvgIpc) is 3.60. The lowest BCUT2D eigenvalue weighted by molar-refractivity contribution is -0.916. The van der Waals surface area contributed by atoms with Crippen molar-refractivity contribution in [3.63, 3.8) is 0 Å². The third-order valence-electron chi connectivity index (χ3n) is 7.86. The van der Waals surface area contributed by atoms with Crippen molar-refractivity contribution in [3.05, 3.63) is 88.6 Å². The van der Waals surface area contributed by atoms with Gasteiger partial charge in [0.05, 0.1) is 12.6 Å². The summed E-state index contributed by atoms with van der Waals surface area (Å²) in [5.74, 6) is -0.955. The highest BCUT2D eigenvalue weighted by Gasteiger charge is 2.52. The predicted octanol–water partition coefficient (Wildman–Crippen LogP) is 7.24. The van der Waals surface area contributed by atoms with Gasteiger partial charge in [-0.05, 0) is 48.6 Å². The van der Waals surface area contributed by atoms with E-state index < -0.39 is 27.9 Å². The van der Waals surface area contributed by atoms with Crippen molar-refractivity contribution >= 4 is 5.97 Å². The maximum absolute atomic E-state index is 14.0. The Kier molecular flexibility index (Phi) is 7.01. The van der Waals surface area contributed by atoms with Crippen LogP contribution in [0.3, 0.4) is 0 Å². The smallest absolute Gasteiger partial charge is 0.417 e. The van der Waals surface area contributed by atoms with Gasteiger partial charge in [0.25, 0.3) is 5.89 Å². The molecule has 0 spiro atoms. The number of aromatic nitrogens is 2. The number of quaternary nitrogens is 1. The standard InChI is InChI=1S/C30H28F3N3O4/c1-19-7-3-4-8-23(19)24-14-13-22(17-25(24)30(31,32)33)27-34-26(35-40-27)21-11-9-20(10-12-21)18-36(2,39)29(28(37)38)15-5-6-16-29/h3-4,7-14,17H,5-6,15-16,18H2,1-2H3,(H,37,38). The van der Waals surface area contributed by atoms with Crippen LogP contribution in [-0.2, 0) is 17.5 Å². The molecule has 0 amide bonds. The lowest BCUT2D eigenvalue weighted by Crippen LogP contribution is -2.60. The third-order valence-corrected chi connectivity index (χ3v) is 7.86. The van der Waals surface area contributed by atoms with Crippen molar-refractivity contribution in [1.29, 1.82) is 0 Å².